The molecule has 104 valence electrons. The van der Waals surface area contributed by atoms with Crippen LogP contribution in [0, 0.1) is 22.9 Å². The minimum Gasteiger partial charge on any atom is -0.276 e. The molecule has 2 fully saturated rings. The van der Waals surface area contributed by atoms with Crippen molar-refractivity contribution in [2.45, 2.75) is 12.8 Å². The molecule has 0 atom stereocenters. The average molecular weight is 284 g/mol. The number of nitrogens with zero attached hydrogens (tertiary/aromatic N) is 1. The minimum atomic E-state index is -1.53. The summed E-state index contributed by atoms with van der Waals surface area (Å²) in [6, 6.07) is -0.397. The molecule has 1 saturated heterocycles. The largest absolute Gasteiger partial charge is 0.335 e. The van der Waals surface area contributed by atoms with Gasteiger partial charge in [-0.25, -0.2) is 22.9 Å². The summed E-state index contributed by atoms with van der Waals surface area (Å²) in [5.74, 6) is -5.92. The van der Waals surface area contributed by atoms with Crippen LogP contribution in [-0.2, 0) is 9.59 Å². The molecule has 1 saturated carbocycles. The van der Waals surface area contributed by atoms with Crippen molar-refractivity contribution in [1.29, 1.82) is 0 Å². The van der Waals surface area contributed by atoms with Gasteiger partial charge in [-0.15, -0.1) is 0 Å². The Kier molecular flexibility index (Phi) is 2.41. The Labute approximate surface area is 110 Å². The lowest BCUT2D eigenvalue weighted by molar-refractivity contribution is -0.136. The van der Waals surface area contributed by atoms with Gasteiger partial charge in [0.1, 0.15) is 11.2 Å². The molecule has 1 aromatic carbocycles. The maximum Gasteiger partial charge on any atom is 0.335 e. The van der Waals surface area contributed by atoms with Gasteiger partial charge >= 0.3 is 6.03 Å². The summed E-state index contributed by atoms with van der Waals surface area (Å²) in [5.41, 5.74) is -2.26. The topological polar surface area (TPSA) is 66.5 Å². The van der Waals surface area contributed by atoms with Crippen molar-refractivity contribution in [2.24, 2.45) is 5.41 Å². The molecule has 0 radical (unpaired) electrons. The number of urea groups is 1. The number of imide groups is 2. The monoisotopic (exact) mass is 284 g/mol. The molecule has 1 aromatic rings. The van der Waals surface area contributed by atoms with Gasteiger partial charge in [0.25, 0.3) is 5.91 Å². The van der Waals surface area contributed by atoms with E-state index in [9.17, 15) is 27.6 Å². The quantitative estimate of drug-likeness (QED) is 0.627. The highest BCUT2D eigenvalue weighted by Gasteiger charge is 2.62. The number of benzene rings is 1. The van der Waals surface area contributed by atoms with Crippen molar-refractivity contribution < 1.29 is 27.6 Å². The van der Waals surface area contributed by atoms with E-state index in [0.29, 0.717) is 12.1 Å². The standard InChI is InChI=1S/C12H7F3N2O3/c13-5-3-6(14)8(15)7(4-5)17-10(19)12(1-2-12)9(18)16-11(17)20/h3-4H,1-2H2,(H,16,18,20). The maximum absolute atomic E-state index is 13.7. The third-order valence-electron chi connectivity index (χ3n) is 3.44. The third kappa shape index (κ3) is 1.54. The van der Waals surface area contributed by atoms with Gasteiger partial charge in [0.15, 0.2) is 11.6 Å². The van der Waals surface area contributed by atoms with Crippen LogP contribution in [0.1, 0.15) is 12.8 Å². The number of carbonyl (C=O) groups excluding carboxylic acids is 3. The summed E-state index contributed by atoms with van der Waals surface area (Å²) in [6.07, 6.45) is 0.418. The number of hydrogen-bond acceptors (Lipinski definition) is 3. The van der Waals surface area contributed by atoms with E-state index in [-0.39, 0.29) is 17.7 Å². The van der Waals surface area contributed by atoms with Crippen molar-refractivity contribution in [3.63, 3.8) is 0 Å². The van der Waals surface area contributed by atoms with E-state index in [2.05, 4.69) is 0 Å². The van der Waals surface area contributed by atoms with Crippen LogP contribution in [-0.4, -0.2) is 17.8 Å². The molecule has 1 N–H and O–H groups in total. The fraction of sp³-hybridized carbons (Fsp3) is 0.250. The molecule has 1 heterocycles. The Bertz CT molecular complexity index is 670. The highest BCUT2D eigenvalue weighted by Crippen LogP contribution is 2.49. The van der Waals surface area contributed by atoms with Crippen molar-refractivity contribution >= 4 is 23.5 Å². The van der Waals surface area contributed by atoms with Gasteiger partial charge in [-0.1, -0.05) is 0 Å². The van der Waals surface area contributed by atoms with E-state index in [1.54, 1.807) is 0 Å². The lowest BCUT2D eigenvalue weighted by Gasteiger charge is -2.30. The Morgan fingerprint density at radius 3 is 2.35 bits per heavy atom. The van der Waals surface area contributed by atoms with Gasteiger partial charge in [0, 0.05) is 12.1 Å². The number of amides is 4. The van der Waals surface area contributed by atoms with Gasteiger partial charge in [0.05, 0.1) is 5.69 Å². The lowest BCUT2D eigenvalue weighted by Crippen LogP contribution is -2.59. The molecule has 2 aliphatic rings. The van der Waals surface area contributed by atoms with Gasteiger partial charge in [-0.2, -0.15) is 0 Å². The number of barbiturate groups is 1. The Morgan fingerprint density at radius 2 is 1.75 bits per heavy atom. The van der Waals surface area contributed by atoms with Gasteiger partial charge in [-0.3, -0.25) is 14.9 Å². The molecule has 1 aliphatic heterocycles. The van der Waals surface area contributed by atoms with Crippen LogP contribution in [0.4, 0.5) is 23.7 Å². The first-order valence-electron chi connectivity index (χ1n) is 5.71. The Balaban J connectivity index is 2.12. The number of rotatable bonds is 1. The second-order valence-electron chi connectivity index (χ2n) is 4.70. The zero-order chi connectivity index (χ0) is 14.7. The normalized spacial score (nSPS) is 20.4. The number of halogens is 3. The van der Waals surface area contributed by atoms with Crippen LogP contribution in [0.3, 0.4) is 0 Å². The fourth-order valence-corrected chi connectivity index (χ4v) is 2.17. The molecule has 1 aliphatic carbocycles. The van der Waals surface area contributed by atoms with Gasteiger partial charge < -0.3 is 0 Å². The second-order valence-corrected chi connectivity index (χ2v) is 4.70. The summed E-state index contributed by atoms with van der Waals surface area (Å²) in [6.45, 7) is 0. The van der Waals surface area contributed by atoms with Gasteiger partial charge in [0.2, 0.25) is 5.91 Å². The molecule has 8 heteroatoms. The molecule has 5 nitrogen and oxygen atoms in total. The molecular formula is C12H7F3N2O3. The van der Waals surface area contributed by atoms with Crippen LogP contribution < -0.4 is 10.2 Å². The SMILES string of the molecule is O=C1NC(=O)C2(CC2)C(=O)N1c1cc(F)cc(F)c1F. The van der Waals surface area contributed by atoms with E-state index in [1.807, 2.05) is 5.32 Å². The molecule has 1 spiro atoms. The third-order valence-corrected chi connectivity index (χ3v) is 3.44. The van der Waals surface area contributed by atoms with Crippen molar-refractivity contribution in [3.05, 3.63) is 29.6 Å². The summed E-state index contributed by atoms with van der Waals surface area (Å²) in [7, 11) is 0. The molecular weight excluding hydrogens is 277 g/mol. The molecule has 20 heavy (non-hydrogen) atoms. The maximum atomic E-state index is 13.7. The Morgan fingerprint density at radius 1 is 1.10 bits per heavy atom. The van der Waals surface area contributed by atoms with Crippen molar-refractivity contribution in [2.75, 3.05) is 4.90 Å². The van der Waals surface area contributed by atoms with E-state index >= 15 is 0 Å². The number of anilines is 1. The van der Waals surface area contributed by atoms with E-state index in [4.69, 9.17) is 0 Å². The molecule has 3 rings (SSSR count). The summed E-state index contributed by atoms with van der Waals surface area (Å²) in [5, 5.41) is 1.89. The lowest BCUT2D eigenvalue weighted by atomic mass is 10.0. The average Bonchev–Trinajstić information content (AvgIpc) is 3.14. The summed E-state index contributed by atoms with van der Waals surface area (Å²) in [4.78, 5) is 35.7. The smallest absolute Gasteiger partial charge is 0.276 e. The van der Waals surface area contributed by atoms with Crippen LogP contribution in [0.2, 0.25) is 0 Å². The fourth-order valence-electron chi connectivity index (χ4n) is 2.17. The van der Waals surface area contributed by atoms with Crippen LogP contribution in [0.5, 0.6) is 0 Å². The van der Waals surface area contributed by atoms with E-state index < -0.39 is 46.4 Å². The first-order valence-corrected chi connectivity index (χ1v) is 5.71. The zero-order valence-corrected chi connectivity index (χ0v) is 9.87. The summed E-state index contributed by atoms with van der Waals surface area (Å²) < 4.78 is 40.0. The molecule has 0 unspecified atom stereocenters. The van der Waals surface area contributed by atoms with Crippen LogP contribution >= 0.6 is 0 Å². The van der Waals surface area contributed by atoms with Crippen molar-refractivity contribution in [3.8, 4) is 0 Å². The molecule has 0 bridgehead atoms. The number of carbonyl (C=O) groups is 3. The minimum absolute atomic E-state index is 0.209. The van der Waals surface area contributed by atoms with Crippen molar-refractivity contribution in [1.82, 2.24) is 5.32 Å². The number of nitrogens with one attached hydrogen (secondary N) is 1. The van der Waals surface area contributed by atoms with Gasteiger partial charge in [-0.05, 0) is 12.8 Å². The summed E-state index contributed by atoms with van der Waals surface area (Å²) >= 11 is 0. The highest BCUT2D eigenvalue weighted by molar-refractivity contribution is 6.31. The van der Waals surface area contributed by atoms with E-state index in [0.717, 1.165) is 0 Å². The first-order chi connectivity index (χ1) is 9.36. The molecule has 4 amide bonds. The van der Waals surface area contributed by atoms with E-state index in [1.165, 1.54) is 0 Å². The Hall–Kier alpha value is -2.38. The van der Waals surface area contributed by atoms with Crippen LogP contribution in [0.25, 0.3) is 0 Å². The van der Waals surface area contributed by atoms with Crippen LogP contribution in [0.15, 0.2) is 12.1 Å². The first kappa shape index (κ1) is 12.6. The predicted octanol–water partition coefficient (Wildman–Crippen LogP) is 1.47. The number of hydrogen-bond donors (Lipinski definition) is 1. The highest BCUT2D eigenvalue weighted by atomic mass is 19.2. The second kappa shape index (κ2) is 3.81. The zero-order valence-electron chi connectivity index (χ0n) is 9.87. The predicted molar refractivity (Wildman–Crippen MR) is 59.0 cm³/mol. The molecule has 0 aromatic heterocycles.